The summed E-state index contributed by atoms with van der Waals surface area (Å²) in [6.07, 6.45) is 8.43. The zero-order valence-electron chi connectivity index (χ0n) is 13.5. The summed E-state index contributed by atoms with van der Waals surface area (Å²) in [4.78, 5) is 2.65. The molecule has 2 atom stereocenters. The summed E-state index contributed by atoms with van der Waals surface area (Å²) in [5.74, 6) is 1.72. The fourth-order valence-corrected chi connectivity index (χ4v) is 4.01. The lowest BCUT2D eigenvalue weighted by atomic mass is 9.75. The van der Waals surface area contributed by atoms with Crippen LogP contribution in [0.25, 0.3) is 0 Å². The molecule has 2 heterocycles. The van der Waals surface area contributed by atoms with Crippen molar-refractivity contribution in [3.63, 3.8) is 0 Å². The summed E-state index contributed by atoms with van der Waals surface area (Å²) in [7, 11) is 0. The van der Waals surface area contributed by atoms with Gasteiger partial charge in [-0.25, -0.2) is 0 Å². The van der Waals surface area contributed by atoms with E-state index in [4.69, 9.17) is 0 Å². The summed E-state index contributed by atoms with van der Waals surface area (Å²) in [6, 6.07) is 0.733. The van der Waals surface area contributed by atoms with Gasteiger partial charge in [-0.05, 0) is 70.9 Å². The number of piperidine rings is 1. The number of rotatable bonds is 5. The Hall–Kier alpha value is -0.0800. The highest BCUT2D eigenvalue weighted by atomic mass is 15.2. The molecule has 0 aliphatic carbocycles. The first-order chi connectivity index (χ1) is 9.03. The predicted octanol–water partition coefficient (Wildman–Crippen LogP) is 3.67. The van der Waals surface area contributed by atoms with Crippen LogP contribution in [0, 0.1) is 11.8 Å². The lowest BCUT2D eigenvalue weighted by molar-refractivity contribution is 0.156. The molecule has 0 bridgehead atoms. The van der Waals surface area contributed by atoms with Crippen LogP contribution in [-0.4, -0.2) is 36.1 Å². The van der Waals surface area contributed by atoms with E-state index < -0.39 is 0 Å². The molecule has 2 aliphatic rings. The van der Waals surface area contributed by atoms with Crippen molar-refractivity contribution in [2.45, 2.75) is 77.8 Å². The Labute approximate surface area is 120 Å². The van der Waals surface area contributed by atoms with E-state index in [1.54, 1.807) is 0 Å². The van der Waals surface area contributed by atoms with Gasteiger partial charge in [0.25, 0.3) is 0 Å². The first kappa shape index (κ1) is 15.3. The number of nitrogens with one attached hydrogen (secondary N) is 1. The van der Waals surface area contributed by atoms with E-state index in [0.29, 0.717) is 5.54 Å². The molecule has 0 aromatic heterocycles. The molecule has 0 aromatic carbocycles. The van der Waals surface area contributed by atoms with Crippen LogP contribution in [0.1, 0.15) is 66.2 Å². The first-order valence-electron chi connectivity index (χ1n) is 8.52. The Morgan fingerprint density at radius 3 is 2.53 bits per heavy atom. The van der Waals surface area contributed by atoms with Gasteiger partial charge >= 0.3 is 0 Å². The third kappa shape index (κ3) is 3.72. The average Bonchev–Trinajstić information content (AvgIpc) is 2.86. The standard InChI is InChI=1S/C17H34N2/c1-14(2)17(9-5-6-11-18-17)10-7-16-8-12-19(13-16)15(3)4/h14-16,18H,5-13H2,1-4H3. The molecule has 2 unspecified atom stereocenters. The molecule has 2 nitrogen and oxygen atoms in total. The second-order valence-electron chi connectivity index (χ2n) is 7.48. The lowest BCUT2D eigenvalue weighted by Gasteiger charge is -2.43. The van der Waals surface area contributed by atoms with Crippen molar-refractivity contribution in [1.82, 2.24) is 10.2 Å². The Morgan fingerprint density at radius 1 is 1.21 bits per heavy atom. The lowest BCUT2D eigenvalue weighted by Crippen LogP contribution is -2.52. The van der Waals surface area contributed by atoms with Gasteiger partial charge in [-0.2, -0.15) is 0 Å². The molecule has 2 aliphatic heterocycles. The van der Waals surface area contributed by atoms with Gasteiger partial charge in [0.05, 0.1) is 0 Å². The predicted molar refractivity (Wildman–Crippen MR) is 83.5 cm³/mol. The number of hydrogen-bond donors (Lipinski definition) is 1. The second kappa shape index (κ2) is 6.58. The summed E-state index contributed by atoms with van der Waals surface area (Å²) in [6.45, 7) is 13.4. The molecule has 2 heteroatoms. The summed E-state index contributed by atoms with van der Waals surface area (Å²) in [5, 5.41) is 3.88. The largest absolute Gasteiger partial charge is 0.311 e. The minimum atomic E-state index is 0.448. The van der Waals surface area contributed by atoms with Crippen LogP contribution in [0.2, 0.25) is 0 Å². The van der Waals surface area contributed by atoms with Gasteiger partial charge in [-0.15, -0.1) is 0 Å². The van der Waals surface area contributed by atoms with E-state index >= 15 is 0 Å². The highest BCUT2D eigenvalue weighted by Gasteiger charge is 2.35. The molecule has 0 radical (unpaired) electrons. The zero-order chi connectivity index (χ0) is 13.9. The maximum Gasteiger partial charge on any atom is 0.0204 e. The van der Waals surface area contributed by atoms with Gasteiger partial charge in [0, 0.05) is 18.1 Å². The van der Waals surface area contributed by atoms with E-state index in [1.807, 2.05) is 0 Å². The van der Waals surface area contributed by atoms with Crippen LogP contribution in [0.3, 0.4) is 0 Å². The molecule has 112 valence electrons. The van der Waals surface area contributed by atoms with Crippen molar-refractivity contribution in [2.24, 2.45) is 11.8 Å². The van der Waals surface area contributed by atoms with Crippen molar-refractivity contribution in [3.05, 3.63) is 0 Å². The van der Waals surface area contributed by atoms with Crippen LogP contribution < -0.4 is 5.32 Å². The molecule has 1 N–H and O–H groups in total. The maximum absolute atomic E-state index is 3.88. The Kier molecular flexibility index (Phi) is 5.30. The highest BCUT2D eigenvalue weighted by Crippen LogP contribution is 2.34. The Balaban J connectivity index is 1.83. The third-order valence-electron chi connectivity index (χ3n) is 5.68. The van der Waals surface area contributed by atoms with Crippen LogP contribution in [0.4, 0.5) is 0 Å². The van der Waals surface area contributed by atoms with Gasteiger partial charge in [-0.1, -0.05) is 20.3 Å². The monoisotopic (exact) mass is 266 g/mol. The number of likely N-dealkylation sites (tertiary alicyclic amines) is 1. The minimum absolute atomic E-state index is 0.448. The van der Waals surface area contributed by atoms with E-state index in [9.17, 15) is 0 Å². The van der Waals surface area contributed by atoms with Crippen molar-refractivity contribution in [1.29, 1.82) is 0 Å². The van der Waals surface area contributed by atoms with Gasteiger partial charge in [-0.3, -0.25) is 0 Å². The fourth-order valence-electron chi connectivity index (χ4n) is 4.01. The van der Waals surface area contributed by atoms with E-state index in [-0.39, 0.29) is 0 Å². The first-order valence-corrected chi connectivity index (χ1v) is 8.52. The van der Waals surface area contributed by atoms with Crippen LogP contribution in [0.15, 0.2) is 0 Å². The molecule has 19 heavy (non-hydrogen) atoms. The molecule has 0 amide bonds. The molecule has 2 saturated heterocycles. The second-order valence-corrected chi connectivity index (χ2v) is 7.48. The topological polar surface area (TPSA) is 15.3 Å². The average molecular weight is 266 g/mol. The van der Waals surface area contributed by atoms with Gasteiger partial charge in [0.2, 0.25) is 0 Å². The van der Waals surface area contributed by atoms with Crippen LogP contribution in [0.5, 0.6) is 0 Å². The maximum atomic E-state index is 3.88. The Morgan fingerprint density at radius 2 is 2.00 bits per heavy atom. The fraction of sp³-hybridized carbons (Fsp3) is 1.00. The molecule has 2 rings (SSSR count). The normalized spacial score (nSPS) is 33.5. The van der Waals surface area contributed by atoms with E-state index in [1.165, 1.54) is 58.2 Å². The smallest absolute Gasteiger partial charge is 0.0204 e. The molecule has 2 fully saturated rings. The SMILES string of the molecule is CC(C)N1CCC(CCC2(C(C)C)CCCCN2)C1. The number of nitrogens with zero attached hydrogens (tertiary/aromatic N) is 1. The Bertz CT molecular complexity index is 266. The zero-order valence-corrected chi connectivity index (χ0v) is 13.5. The van der Waals surface area contributed by atoms with Gasteiger partial charge in [0.1, 0.15) is 0 Å². The molecule has 0 aromatic rings. The van der Waals surface area contributed by atoms with Crippen LogP contribution in [-0.2, 0) is 0 Å². The van der Waals surface area contributed by atoms with Crippen LogP contribution >= 0.6 is 0 Å². The minimum Gasteiger partial charge on any atom is -0.311 e. The molecule has 0 saturated carbocycles. The van der Waals surface area contributed by atoms with E-state index in [2.05, 4.69) is 37.9 Å². The molecular formula is C17H34N2. The molecule has 0 spiro atoms. The quantitative estimate of drug-likeness (QED) is 0.817. The van der Waals surface area contributed by atoms with Crippen molar-refractivity contribution < 1.29 is 0 Å². The third-order valence-corrected chi connectivity index (χ3v) is 5.68. The van der Waals surface area contributed by atoms with Crippen molar-refractivity contribution >= 4 is 0 Å². The van der Waals surface area contributed by atoms with E-state index in [0.717, 1.165) is 17.9 Å². The van der Waals surface area contributed by atoms with Crippen molar-refractivity contribution in [3.8, 4) is 0 Å². The number of hydrogen-bond acceptors (Lipinski definition) is 2. The summed E-state index contributed by atoms with van der Waals surface area (Å²) < 4.78 is 0. The summed E-state index contributed by atoms with van der Waals surface area (Å²) in [5.41, 5.74) is 0.448. The highest BCUT2D eigenvalue weighted by molar-refractivity contribution is 4.94. The van der Waals surface area contributed by atoms with Crippen molar-refractivity contribution in [2.75, 3.05) is 19.6 Å². The van der Waals surface area contributed by atoms with Gasteiger partial charge in [0.15, 0.2) is 0 Å². The van der Waals surface area contributed by atoms with Gasteiger partial charge < -0.3 is 10.2 Å². The summed E-state index contributed by atoms with van der Waals surface area (Å²) >= 11 is 0. The molecular weight excluding hydrogens is 232 g/mol.